The highest BCUT2D eigenvalue weighted by Crippen LogP contribution is 2.43. The summed E-state index contributed by atoms with van der Waals surface area (Å²) >= 11 is 0. The molecule has 1 aromatic rings. The largest absolute Gasteiger partial charge is 0.467 e. The van der Waals surface area contributed by atoms with Crippen LogP contribution < -0.4 is 4.74 Å². The van der Waals surface area contributed by atoms with Crippen LogP contribution in [-0.4, -0.2) is 40.3 Å². The van der Waals surface area contributed by atoms with E-state index in [0.717, 1.165) is 31.2 Å². The van der Waals surface area contributed by atoms with E-state index in [4.69, 9.17) is 14.2 Å². The molecule has 1 aliphatic carbocycles. The van der Waals surface area contributed by atoms with Crippen LogP contribution in [0.3, 0.4) is 0 Å². The molecular weight excluding hydrogens is 388 g/mol. The van der Waals surface area contributed by atoms with E-state index in [1.807, 2.05) is 20.8 Å². The van der Waals surface area contributed by atoms with Gasteiger partial charge in [-0.25, -0.2) is 0 Å². The first-order chi connectivity index (χ1) is 14.2. The first-order valence-corrected chi connectivity index (χ1v) is 10.7. The Kier molecular flexibility index (Phi) is 5.72. The van der Waals surface area contributed by atoms with Crippen molar-refractivity contribution in [1.82, 2.24) is 4.90 Å². The van der Waals surface area contributed by atoms with Gasteiger partial charge in [-0.3, -0.25) is 19.8 Å². The van der Waals surface area contributed by atoms with E-state index < -0.39 is 10.5 Å². The van der Waals surface area contributed by atoms with Gasteiger partial charge in [-0.1, -0.05) is 12.8 Å². The summed E-state index contributed by atoms with van der Waals surface area (Å²) in [6, 6.07) is 3.03. The van der Waals surface area contributed by atoms with Crippen molar-refractivity contribution in [3.8, 4) is 5.75 Å². The molecule has 0 unspecified atom stereocenters. The minimum atomic E-state index is -0.554. The molecule has 0 amide bonds. The van der Waals surface area contributed by atoms with Crippen LogP contribution in [0.5, 0.6) is 5.75 Å². The van der Waals surface area contributed by atoms with E-state index in [0.29, 0.717) is 23.8 Å². The van der Waals surface area contributed by atoms with Crippen molar-refractivity contribution >= 4 is 11.7 Å². The molecule has 0 bridgehead atoms. The molecule has 0 N–H and O–H groups in total. The van der Waals surface area contributed by atoms with Crippen LogP contribution in [0.2, 0.25) is 0 Å². The van der Waals surface area contributed by atoms with Gasteiger partial charge < -0.3 is 14.2 Å². The lowest BCUT2D eigenvalue weighted by molar-refractivity contribution is -0.385. The molecule has 0 spiro atoms. The van der Waals surface area contributed by atoms with Crippen LogP contribution >= 0.6 is 0 Å². The van der Waals surface area contributed by atoms with Gasteiger partial charge in [0.15, 0.2) is 6.79 Å². The number of hydrogen-bond donors (Lipinski definition) is 0. The van der Waals surface area contributed by atoms with Crippen molar-refractivity contribution < 1.29 is 23.9 Å². The van der Waals surface area contributed by atoms with Crippen LogP contribution in [-0.2, 0) is 27.4 Å². The minimum Gasteiger partial charge on any atom is -0.467 e. The quantitative estimate of drug-likeness (QED) is 0.415. The Morgan fingerprint density at radius 2 is 2.07 bits per heavy atom. The second kappa shape index (κ2) is 8.15. The summed E-state index contributed by atoms with van der Waals surface area (Å²) in [4.78, 5) is 26.3. The number of likely N-dealkylation sites (tertiary alicyclic amines) is 1. The lowest BCUT2D eigenvalue weighted by atomic mass is 9.84. The molecule has 0 aromatic heterocycles. The van der Waals surface area contributed by atoms with Crippen molar-refractivity contribution in [2.24, 2.45) is 5.92 Å². The molecule has 3 aliphatic rings. The highest BCUT2D eigenvalue weighted by atomic mass is 16.7. The summed E-state index contributed by atoms with van der Waals surface area (Å²) in [6.45, 7) is 6.46. The van der Waals surface area contributed by atoms with Crippen molar-refractivity contribution in [2.75, 3.05) is 6.79 Å². The third kappa shape index (κ3) is 4.30. The summed E-state index contributed by atoms with van der Waals surface area (Å²) in [7, 11) is 0. The molecule has 4 rings (SSSR count). The lowest BCUT2D eigenvalue weighted by Crippen LogP contribution is -2.44. The molecule has 2 fully saturated rings. The van der Waals surface area contributed by atoms with Crippen LogP contribution in [0.15, 0.2) is 12.1 Å². The van der Waals surface area contributed by atoms with Gasteiger partial charge in [0, 0.05) is 35.8 Å². The van der Waals surface area contributed by atoms with E-state index in [-0.39, 0.29) is 37.1 Å². The third-order valence-corrected chi connectivity index (χ3v) is 6.24. The van der Waals surface area contributed by atoms with Crippen molar-refractivity contribution in [2.45, 2.75) is 83.7 Å². The summed E-state index contributed by atoms with van der Waals surface area (Å²) < 4.78 is 16.8. The number of hydrogen-bond acceptors (Lipinski definition) is 7. The third-order valence-electron chi connectivity index (χ3n) is 6.24. The first kappa shape index (κ1) is 21.1. The fourth-order valence-corrected chi connectivity index (χ4v) is 5.08. The van der Waals surface area contributed by atoms with E-state index in [2.05, 4.69) is 4.90 Å². The highest BCUT2D eigenvalue weighted by Gasteiger charge is 2.46. The van der Waals surface area contributed by atoms with Gasteiger partial charge in [0.1, 0.15) is 17.4 Å². The van der Waals surface area contributed by atoms with Crippen LogP contribution in [0.4, 0.5) is 5.69 Å². The van der Waals surface area contributed by atoms with Gasteiger partial charge in [0.25, 0.3) is 5.69 Å². The maximum absolute atomic E-state index is 13.0. The van der Waals surface area contributed by atoms with E-state index in [1.54, 1.807) is 6.07 Å². The van der Waals surface area contributed by atoms with E-state index in [9.17, 15) is 14.9 Å². The maximum atomic E-state index is 13.0. The zero-order valence-electron chi connectivity index (χ0n) is 17.9. The van der Waals surface area contributed by atoms with Gasteiger partial charge in [0.05, 0.1) is 11.5 Å². The number of nitrogens with zero attached hydrogens (tertiary/aromatic N) is 2. The zero-order chi connectivity index (χ0) is 21.5. The van der Waals surface area contributed by atoms with Gasteiger partial charge in [-0.15, -0.1) is 0 Å². The molecule has 1 aromatic carbocycles. The molecule has 8 nitrogen and oxygen atoms in total. The molecule has 1 saturated heterocycles. The molecule has 164 valence electrons. The summed E-state index contributed by atoms with van der Waals surface area (Å²) in [5.41, 5.74) is 0.883. The Bertz CT molecular complexity index is 834. The molecule has 0 radical (unpaired) electrons. The topological polar surface area (TPSA) is 91.1 Å². The van der Waals surface area contributed by atoms with Crippen molar-refractivity contribution in [3.63, 3.8) is 0 Å². The molecule has 3 atom stereocenters. The van der Waals surface area contributed by atoms with E-state index >= 15 is 0 Å². The second-order valence-corrected chi connectivity index (χ2v) is 9.53. The zero-order valence-corrected chi connectivity index (χ0v) is 17.9. The molecule has 2 aliphatic heterocycles. The predicted octanol–water partition coefficient (Wildman–Crippen LogP) is 3.94. The normalized spacial score (nSPS) is 26.4. The number of non-ortho nitro benzene ring substituents is 1. The minimum absolute atomic E-state index is 0.0195. The number of carbonyl (C=O) groups is 1. The van der Waals surface area contributed by atoms with Gasteiger partial charge in [-0.2, -0.15) is 0 Å². The Labute approximate surface area is 176 Å². The molecule has 30 heavy (non-hydrogen) atoms. The van der Waals surface area contributed by atoms with Crippen molar-refractivity contribution in [1.29, 1.82) is 0 Å². The standard InChI is InChI=1S/C22H30N2O6/c1-22(2,3)30-21(25)19-10-14-6-4-5-7-18(14)23(19)11-15-8-17(24(26)27)9-16-12-28-13-29-20(15)16/h8-9,14,18-19H,4-7,10-13H2,1-3H3/t14-,18+,19-/m0/s1. The Hall–Kier alpha value is -2.19. The first-order valence-electron chi connectivity index (χ1n) is 10.7. The maximum Gasteiger partial charge on any atom is 0.323 e. The fraction of sp³-hybridized carbons (Fsp3) is 0.682. The number of rotatable bonds is 4. The monoisotopic (exact) mass is 418 g/mol. The Morgan fingerprint density at radius 3 is 2.80 bits per heavy atom. The average Bonchev–Trinajstić information content (AvgIpc) is 3.05. The smallest absolute Gasteiger partial charge is 0.323 e. The van der Waals surface area contributed by atoms with Gasteiger partial charge in [-0.05, 0) is 46.0 Å². The second-order valence-electron chi connectivity index (χ2n) is 9.53. The highest BCUT2D eigenvalue weighted by molar-refractivity contribution is 5.77. The number of carbonyl (C=O) groups excluding carboxylic acids is 1. The fourth-order valence-electron chi connectivity index (χ4n) is 5.08. The SMILES string of the molecule is CC(C)(C)OC(=O)[C@@H]1C[C@@H]2CCCC[C@H]2N1Cc1cc([N+](=O)[O-])cc2c1OCOC2. The van der Waals surface area contributed by atoms with Crippen molar-refractivity contribution in [3.05, 3.63) is 33.4 Å². The predicted molar refractivity (Wildman–Crippen MR) is 109 cm³/mol. The van der Waals surface area contributed by atoms with Gasteiger partial charge in [0.2, 0.25) is 0 Å². The molecule has 1 saturated carbocycles. The molecule has 2 heterocycles. The summed E-state index contributed by atoms with van der Waals surface area (Å²) in [5.74, 6) is 0.893. The Morgan fingerprint density at radius 1 is 1.30 bits per heavy atom. The number of benzene rings is 1. The Balaban J connectivity index is 1.67. The van der Waals surface area contributed by atoms with Crippen LogP contribution in [0.25, 0.3) is 0 Å². The van der Waals surface area contributed by atoms with Crippen LogP contribution in [0.1, 0.15) is 64.0 Å². The summed E-state index contributed by atoms with van der Waals surface area (Å²) in [6.07, 6.45) is 5.24. The van der Waals surface area contributed by atoms with E-state index in [1.165, 1.54) is 12.5 Å². The van der Waals surface area contributed by atoms with Gasteiger partial charge >= 0.3 is 5.97 Å². The number of nitro groups is 1. The summed E-state index contributed by atoms with van der Waals surface area (Å²) in [5, 5.41) is 11.5. The number of fused-ring (bicyclic) bond motifs is 2. The average molecular weight is 418 g/mol. The number of nitro benzene ring substituents is 1. The molecule has 8 heteroatoms. The van der Waals surface area contributed by atoms with Crippen LogP contribution in [0, 0.1) is 16.0 Å². The number of ether oxygens (including phenoxy) is 3. The number of esters is 1. The molecular formula is C22H30N2O6. The lowest BCUT2D eigenvalue weighted by Gasteiger charge is -2.34.